The highest BCUT2D eigenvalue weighted by molar-refractivity contribution is 5.93. The number of rotatable bonds is 6. The third-order valence-corrected chi connectivity index (χ3v) is 2.86. The Bertz CT molecular complexity index is 643. The average molecular weight is 305 g/mol. The largest absolute Gasteiger partial charge is 0.497 e. The van der Waals surface area contributed by atoms with Crippen LogP contribution in [0.15, 0.2) is 42.5 Å². The summed E-state index contributed by atoms with van der Waals surface area (Å²) < 4.78 is 28.3. The summed E-state index contributed by atoms with van der Waals surface area (Å²) in [5.41, 5.74) is 0.481. The smallest absolute Gasteiger partial charge is 0.262 e. The Morgan fingerprint density at radius 1 is 1.05 bits per heavy atom. The van der Waals surface area contributed by atoms with Gasteiger partial charge in [0.2, 0.25) is 0 Å². The van der Waals surface area contributed by atoms with E-state index in [0.717, 1.165) is 0 Å². The second-order valence-corrected chi connectivity index (χ2v) is 4.36. The monoisotopic (exact) mass is 305 g/mol. The van der Waals surface area contributed by atoms with Crippen molar-refractivity contribution < 1.29 is 23.4 Å². The van der Waals surface area contributed by atoms with Gasteiger partial charge in [-0.15, -0.1) is 0 Å². The van der Waals surface area contributed by atoms with Gasteiger partial charge in [-0.25, -0.2) is 4.39 Å². The number of hydrogen-bond donors (Lipinski definition) is 1. The van der Waals surface area contributed by atoms with Crippen LogP contribution in [0.5, 0.6) is 17.2 Å². The molecular formula is C16H16FNO4. The number of carbonyl (C=O) groups excluding carboxylic acids is 1. The minimum absolute atomic E-state index is 0.202. The molecule has 5 nitrogen and oxygen atoms in total. The molecule has 6 heteroatoms. The molecule has 2 aromatic carbocycles. The van der Waals surface area contributed by atoms with E-state index in [0.29, 0.717) is 22.9 Å². The number of ether oxygens (including phenoxy) is 3. The number of nitrogens with one attached hydrogen (secondary N) is 1. The Labute approximate surface area is 127 Å². The van der Waals surface area contributed by atoms with Gasteiger partial charge >= 0.3 is 0 Å². The molecule has 22 heavy (non-hydrogen) atoms. The van der Waals surface area contributed by atoms with Crippen molar-refractivity contribution >= 4 is 11.6 Å². The predicted octanol–water partition coefficient (Wildman–Crippen LogP) is 2.86. The van der Waals surface area contributed by atoms with Crippen molar-refractivity contribution in [3.05, 3.63) is 48.3 Å². The van der Waals surface area contributed by atoms with Gasteiger partial charge in [0.15, 0.2) is 6.61 Å². The summed E-state index contributed by atoms with van der Waals surface area (Å²) in [6.45, 7) is -0.202. The number of methoxy groups -OCH3 is 2. The van der Waals surface area contributed by atoms with E-state index in [9.17, 15) is 9.18 Å². The minimum Gasteiger partial charge on any atom is -0.497 e. The summed E-state index contributed by atoms with van der Waals surface area (Å²) in [5, 5.41) is 2.67. The van der Waals surface area contributed by atoms with Crippen molar-refractivity contribution in [2.75, 3.05) is 26.1 Å². The van der Waals surface area contributed by atoms with Gasteiger partial charge in [-0.3, -0.25) is 4.79 Å². The SMILES string of the molecule is COc1ccc(OC)c(NC(=O)COc2ccc(F)cc2)c1. The number of benzene rings is 2. The summed E-state index contributed by atoms with van der Waals surface area (Å²) in [4.78, 5) is 11.9. The molecule has 0 aliphatic heterocycles. The molecule has 0 bridgehead atoms. The van der Waals surface area contributed by atoms with Crippen LogP contribution in [0.3, 0.4) is 0 Å². The molecule has 0 saturated carbocycles. The van der Waals surface area contributed by atoms with E-state index in [1.54, 1.807) is 18.2 Å². The first-order valence-corrected chi connectivity index (χ1v) is 6.52. The van der Waals surface area contributed by atoms with Gasteiger partial charge in [0.1, 0.15) is 23.1 Å². The molecule has 0 aliphatic carbocycles. The Morgan fingerprint density at radius 3 is 2.36 bits per heavy atom. The number of hydrogen-bond acceptors (Lipinski definition) is 4. The molecule has 0 heterocycles. The highest BCUT2D eigenvalue weighted by Gasteiger charge is 2.10. The Balaban J connectivity index is 1.98. The van der Waals surface area contributed by atoms with E-state index in [2.05, 4.69) is 5.32 Å². The summed E-state index contributed by atoms with van der Waals surface area (Å²) in [7, 11) is 3.04. The topological polar surface area (TPSA) is 56.8 Å². The van der Waals surface area contributed by atoms with Gasteiger partial charge in [-0.1, -0.05) is 0 Å². The molecule has 0 fully saturated rings. The van der Waals surface area contributed by atoms with Crippen LogP contribution in [-0.4, -0.2) is 26.7 Å². The van der Waals surface area contributed by atoms with Gasteiger partial charge < -0.3 is 19.5 Å². The number of carbonyl (C=O) groups is 1. The molecule has 1 amide bonds. The number of anilines is 1. The van der Waals surface area contributed by atoms with Crippen molar-refractivity contribution in [1.29, 1.82) is 0 Å². The normalized spacial score (nSPS) is 9.95. The first kappa shape index (κ1) is 15.6. The van der Waals surface area contributed by atoms with Crippen molar-refractivity contribution in [1.82, 2.24) is 0 Å². The van der Waals surface area contributed by atoms with Crippen molar-refractivity contribution in [2.24, 2.45) is 0 Å². The molecule has 0 atom stereocenters. The summed E-state index contributed by atoms with van der Waals surface area (Å²) in [5.74, 6) is 0.787. The van der Waals surface area contributed by atoms with Crippen LogP contribution in [-0.2, 0) is 4.79 Å². The molecule has 2 aromatic rings. The summed E-state index contributed by atoms with van der Waals surface area (Å²) in [6.07, 6.45) is 0. The summed E-state index contributed by atoms with van der Waals surface area (Å²) >= 11 is 0. The number of halogens is 1. The van der Waals surface area contributed by atoms with Crippen LogP contribution >= 0.6 is 0 Å². The van der Waals surface area contributed by atoms with E-state index < -0.39 is 0 Å². The second kappa shape index (κ2) is 7.31. The second-order valence-electron chi connectivity index (χ2n) is 4.36. The average Bonchev–Trinajstić information content (AvgIpc) is 2.54. The number of amides is 1. The molecule has 1 N–H and O–H groups in total. The lowest BCUT2D eigenvalue weighted by molar-refractivity contribution is -0.118. The van der Waals surface area contributed by atoms with Gasteiger partial charge in [0, 0.05) is 6.07 Å². The molecular weight excluding hydrogens is 289 g/mol. The van der Waals surface area contributed by atoms with Gasteiger partial charge in [0.25, 0.3) is 5.91 Å². The van der Waals surface area contributed by atoms with Crippen LogP contribution < -0.4 is 19.5 Å². The summed E-state index contributed by atoms with van der Waals surface area (Å²) in [6, 6.07) is 10.5. The quantitative estimate of drug-likeness (QED) is 0.891. The maximum Gasteiger partial charge on any atom is 0.262 e. The predicted molar refractivity (Wildman–Crippen MR) is 80.1 cm³/mol. The third kappa shape index (κ3) is 4.12. The molecule has 0 spiro atoms. The maximum absolute atomic E-state index is 12.8. The van der Waals surface area contributed by atoms with Crippen molar-refractivity contribution in [2.45, 2.75) is 0 Å². The Morgan fingerprint density at radius 2 is 1.73 bits per heavy atom. The lowest BCUT2D eigenvalue weighted by atomic mass is 10.2. The third-order valence-electron chi connectivity index (χ3n) is 2.86. The lowest BCUT2D eigenvalue weighted by Gasteiger charge is -2.12. The van der Waals surface area contributed by atoms with Crippen molar-refractivity contribution in [3.8, 4) is 17.2 Å². The van der Waals surface area contributed by atoms with E-state index in [4.69, 9.17) is 14.2 Å². The van der Waals surface area contributed by atoms with Crippen LogP contribution in [0.2, 0.25) is 0 Å². The van der Waals surface area contributed by atoms with Crippen LogP contribution in [0, 0.1) is 5.82 Å². The van der Waals surface area contributed by atoms with Crippen LogP contribution in [0.1, 0.15) is 0 Å². The molecule has 0 unspecified atom stereocenters. The molecule has 0 radical (unpaired) electrons. The standard InChI is InChI=1S/C16H16FNO4/c1-20-13-7-8-15(21-2)14(9-13)18-16(19)10-22-12-5-3-11(17)4-6-12/h3-9H,10H2,1-2H3,(H,18,19). The van der Waals surface area contributed by atoms with Crippen molar-refractivity contribution in [3.63, 3.8) is 0 Å². The first-order chi connectivity index (χ1) is 10.6. The van der Waals surface area contributed by atoms with Gasteiger partial charge in [-0.2, -0.15) is 0 Å². The minimum atomic E-state index is -0.365. The molecule has 0 aliphatic rings. The molecule has 0 aromatic heterocycles. The highest BCUT2D eigenvalue weighted by Crippen LogP contribution is 2.28. The van der Waals surface area contributed by atoms with Crippen LogP contribution in [0.25, 0.3) is 0 Å². The van der Waals surface area contributed by atoms with E-state index in [1.807, 2.05) is 0 Å². The fourth-order valence-electron chi connectivity index (χ4n) is 1.78. The fourth-order valence-corrected chi connectivity index (χ4v) is 1.78. The fraction of sp³-hybridized carbons (Fsp3) is 0.188. The Hall–Kier alpha value is -2.76. The lowest BCUT2D eigenvalue weighted by Crippen LogP contribution is -2.20. The molecule has 0 saturated heterocycles. The van der Waals surface area contributed by atoms with Crippen LogP contribution in [0.4, 0.5) is 10.1 Å². The molecule has 116 valence electrons. The zero-order valence-electron chi connectivity index (χ0n) is 12.3. The van der Waals surface area contributed by atoms with E-state index in [-0.39, 0.29) is 18.3 Å². The Kier molecular flexibility index (Phi) is 5.19. The van der Waals surface area contributed by atoms with Gasteiger partial charge in [0.05, 0.1) is 19.9 Å². The highest BCUT2D eigenvalue weighted by atomic mass is 19.1. The van der Waals surface area contributed by atoms with Gasteiger partial charge in [-0.05, 0) is 36.4 Å². The maximum atomic E-state index is 12.8. The van der Waals surface area contributed by atoms with E-state index >= 15 is 0 Å². The van der Waals surface area contributed by atoms with E-state index in [1.165, 1.54) is 38.5 Å². The first-order valence-electron chi connectivity index (χ1n) is 6.52. The molecule has 2 rings (SSSR count). The zero-order valence-corrected chi connectivity index (χ0v) is 12.3. The zero-order chi connectivity index (χ0) is 15.9.